The third kappa shape index (κ3) is 22.1. The van der Waals surface area contributed by atoms with Crippen LogP contribution in [-0.4, -0.2) is 267 Å². The van der Waals surface area contributed by atoms with E-state index in [1.165, 1.54) is 13.8 Å². The highest BCUT2D eigenvalue weighted by atomic mass is 16.8. The number of aliphatic hydroxyl groups is 2. The van der Waals surface area contributed by atoms with Gasteiger partial charge >= 0.3 is 36.2 Å². The number of hydrogen-bond donors (Lipinski definition) is 2. The maximum atomic E-state index is 14.5. The van der Waals surface area contributed by atoms with E-state index in [-0.39, 0.29) is 48.7 Å². The van der Waals surface area contributed by atoms with Gasteiger partial charge in [-0.25, -0.2) is 9.59 Å². The molecule has 2 N–H and O–H groups in total. The van der Waals surface area contributed by atoms with E-state index in [9.17, 15) is 43.8 Å². The summed E-state index contributed by atoms with van der Waals surface area (Å²) in [5.74, 6) is -10.7. The number of fused-ring (bicyclic) bond motifs is 4. The van der Waals surface area contributed by atoms with Gasteiger partial charge in [-0.3, -0.25) is 24.0 Å². The van der Waals surface area contributed by atoms with Gasteiger partial charge < -0.3 is 110 Å². The van der Waals surface area contributed by atoms with E-state index in [1.807, 2.05) is 128 Å². The zero-order chi connectivity index (χ0) is 84.9. The predicted molar refractivity (Wildman–Crippen MR) is 410 cm³/mol. The minimum absolute atomic E-state index is 0.0936. The molecule has 9 rings (SSSR count). The topological polar surface area (TPSA) is 342 Å². The van der Waals surface area contributed by atoms with Gasteiger partial charge in [0.15, 0.2) is 67.1 Å². The van der Waals surface area contributed by atoms with E-state index in [0.29, 0.717) is 70.6 Å². The molecule has 0 spiro atoms. The molecule has 15 unspecified atom stereocenters. The molecule has 9 fully saturated rings. The molecule has 113 heavy (non-hydrogen) atoms. The van der Waals surface area contributed by atoms with E-state index >= 15 is 0 Å². The van der Waals surface area contributed by atoms with Gasteiger partial charge in [-0.2, -0.15) is 0 Å². The first kappa shape index (κ1) is 95.6. The van der Waals surface area contributed by atoms with Gasteiger partial charge in [0, 0.05) is 77.4 Å². The Balaban J connectivity index is 0.000000307. The molecule has 0 aromatic rings. The van der Waals surface area contributed by atoms with Gasteiger partial charge in [-0.15, -0.1) is 0 Å². The molecule has 9 aliphatic rings. The maximum Gasteiger partial charge on any atom is 0.509 e. The van der Waals surface area contributed by atoms with Gasteiger partial charge in [0.1, 0.15) is 18.0 Å². The number of methoxy groups -OCH3 is 2. The number of ether oxygens (including phenoxy) is 19. The molecule has 30 nitrogen and oxygen atoms in total. The van der Waals surface area contributed by atoms with Crippen molar-refractivity contribution in [3.05, 3.63) is 0 Å². The SMILES string of the molecule is CC.CCC[C@H]1OC(=O)[C@H](C)[C@@H](OC2CC(C)(OC)CC(C)O2)[C@H](C)[C@@H](OC2OC(C)CC(N(C)C)C2OC(C)=O)[C@](C)(O)C[C@@H](C)C(=O)[C@H](C)[C@H]2OC(=O)O[C@@]21C.CCC[C@H]1OC(=O)[C@H](C)[C@@H](OC2CC(C)(OC)CC(C)O2)[C@H](C)[C@@H](OC2OC(C)CC(N(C)C)C2OC(C)=O)[C@]2(C)C[C@@H](C)C(O)(O2)[C@H](C)[C@H]2OC(=O)O[C@@H]21. The van der Waals surface area contributed by atoms with Crippen LogP contribution < -0.4 is 0 Å². The summed E-state index contributed by atoms with van der Waals surface area (Å²) < 4.78 is 119. The van der Waals surface area contributed by atoms with Crippen LogP contribution in [0.15, 0.2) is 0 Å². The quantitative estimate of drug-likeness (QED) is 0.0951. The van der Waals surface area contributed by atoms with Crippen molar-refractivity contribution in [2.45, 2.75) is 399 Å². The third-order valence-electron chi connectivity index (χ3n) is 25.2. The molecule has 30 heteroatoms. The van der Waals surface area contributed by atoms with Crippen molar-refractivity contribution in [2.24, 2.45) is 47.3 Å². The molecule has 0 aromatic carbocycles. The molecule has 0 aliphatic carbocycles. The van der Waals surface area contributed by atoms with Gasteiger partial charge in [0.05, 0.1) is 107 Å². The Labute approximate surface area is 671 Å². The molecule has 35 atom stereocenters. The summed E-state index contributed by atoms with van der Waals surface area (Å²) in [5.41, 5.74) is -5.64. The van der Waals surface area contributed by atoms with Crippen molar-refractivity contribution >= 4 is 42.0 Å². The molecular weight excluding hydrogens is 1470 g/mol. The fourth-order valence-electron chi connectivity index (χ4n) is 19.4. The number of cyclic esters (lactones) is 2. The van der Waals surface area contributed by atoms with Crippen LogP contribution in [0, 0.1) is 47.3 Å². The number of hydrogen-bond acceptors (Lipinski definition) is 30. The molecule has 0 radical (unpaired) electrons. The minimum atomic E-state index is -1.84. The third-order valence-corrected chi connectivity index (χ3v) is 25.2. The van der Waals surface area contributed by atoms with Gasteiger partial charge in [-0.05, 0) is 143 Å². The molecule has 0 aromatic heterocycles. The second kappa shape index (κ2) is 39.1. The molecule has 9 aliphatic heterocycles. The highest BCUT2D eigenvalue weighted by molar-refractivity contribution is 5.84. The number of rotatable bonds is 18. The van der Waals surface area contributed by atoms with E-state index in [2.05, 4.69) is 0 Å². The fraction of sp³-hybridized carbons (Fsp3) is 0.916. The lowest BCUT2D eigenvalue weighted by Gasteiger charge is -2.48. The van der Waals surface area contributed by atoms with Crippen LogP contribution in [0.4, 0.5) is 9.59 Å². The van der Waals surface area contributed by atoms with Gasteiger partial charge in [0.2, 0.25) is 0 Å². The van der Waals surface area contributed by atoms with Crippen molar-refractivity contribution in [3.8, 4) is 0 Å². The van der Waals surface area contributed by atoms with Gasteiger partial charge in [-0.1, -0.05) is 82.1 Å². The summed E-state index contributed by atoms with van der Waals surface area (Å²) in [6, 6.07) is -0.538. The van der Waals surface area contributed by atoms with Crippen LogP contribution in [0.3, 0.4) is 0 Å². The molecular formula is C83H142N2O28. The van der Waals surface area contributed by atoms with E-state index in [0.717, 1.165) is 0 Å². The second-order valence-corrected chi connectivity index (χ2v) is 35.5. The number of esters is 4. The smallest absolute Gasteiger partial charge is 0.458 e. The zero-order valence-corrected chi connectivity index (χ0v) is 73.1. The predicted octanol–water partition coefficient (Wildman–Crippen LogP) is 10.7. The van der Waals surface area contributed by atoms with E-state index in [1.54, 1.807) is 69.6 Å². The summed E-state index contributed by atoms with van der Waals surface area (Å²) in [4.78, 5) is 97.7. The lowest BCUT2D eigenvalue weighted by molar-refractivity contribution is -0.334. The number of carbonyl (C=O) groups excluding carboxylic acids is 7. The summed E-state index contributed by atoms with van der Waals surface area (Å²) >= 11 is 0. The number of likely N-dealkylation sites (N-methyl/N-ethyl adjacent to an activating group) is 2. The van der Waals surface area contributed by atoms with E-state index < -0.39 is 210 Å². The Morgan fingerprint density at radius 3 is 1.42 bits per heavy atom. The maximum absolute atomic E-state index is 14.5. The Kier molecular flexibility index (Phi) is 33.1. The Morgan fingerprint density at radius 2 is 0.965 bits per heavy atom. The van der Waals surface area contributed by atoms with Crippen LogP contribution >= 0.6 is 0 Å². The average Bonchev–Trinajstić information content (AvgIpc) is 1.58. The Bertz CT molecular complexity index is 3160. The van der Waals surface area contributed by atoms with Crippen molar-refractivity contribution in [2.75, 3.05) is 42.4 Å². The highest BCUT2D eigenvalue weighted by Gasteiger charge is 2.66. The minimum Gasteiger partial charge on any atom is -0.458 e. The molecule has 9 saturated heterocycles. The largest absolute Gasteiger partial charge is 0.509 e. The van der Waals surface area contributed by atoms with Crippen LogP contribution in [0.2, 0.25) is 0 Å². The molecule has 2 bridgehead atoms. The molecule has 0 amide bonds. The van der Waals surface area contributed by atoms with Gasteiger partial charge in [0.25, 0.3) is 0 Å². The lowest BCUT2D eigenvalue weighted by atomic mass is 9.74. The Morgan fingerprint density at radius 1 is 0.513 bits per heavy atom. The van der Waals surface area contributed by atoms with Crippen molar-refractivity contribution in [1.82, 2.24) is 9.80 Å². The van der Waals surface area contributed by atoms with Crippen molar-refractivity contribution in [3.63, 3.8) is 0 Å². The van der Waals surface area contributed by atoms with E-state index in [4.69, 9.17) is 90.0 Å². The molecule has 652 valence electrons. The summed E-state index contributed by atoms with van der Waals surface area (Å²) in [6.07, 6.45) is -12.1. The first-order chi connectivity index (χ1) is 52.6. The van der Waals surface area contributed by atoms with Crippen LogP contribution in [-0.2, 0) is 114 Å². The summed E-state index contributed by atoms with van der Waals surface area (Å²) in [7, 11) is 10.9. The number of ketones is 1. The first-order valence-electron chi connectivity index (χ1n) is 41.5. The van der Waals surface area contributed by atoms with Crippen LogP contribution in [0.1, 0.15) is 236 Å². The van der Waals surface area contributed by atoms with Crippen molar-refractivity contribution in [1.29, 1.82) is 0 Å². The number of nitrogens with zero attached hydrogens (tertiary/aromatic N) is 2. The number of carbonyl (C=O) groups is 7. The second-order valence-electron chi connectivity index (χ2n) is 35.5. The molecule has 9 heterocycles. The normalized spacial score (nSPS) is 46.1. The average molecular weight is 1620 g/mol. The highest BCUT2D eigenvalue weighted by Crippen LogP contribution is 2.53. The number of Topliss-reactive ketones (excluding diaryl/α,β-unsaturated/α-hetero) is 1. The summed E-state index contributed by atoms with van der Waals surface area (Å²) in [6.45, 7) is 41.4. The first-order valence-corrected chi connectivity index (χ1v) is 41.5. The van der Waals surface area contributed by atoms with Crippen LogP contribution in [0.25, 0.3) is 0 Å². The Hall–Kier alpha value is -4.51. The molecule has 0 saturated carbocycles. The lowest BCUT2D eigenvalue weighted by Crippen LogP contribution is -2.61. The monoisotopic (exact) mass is 1610 g/mol. The summed E-state index contributed by atoms with van der Waals surface area (Å²) in [5, 5.41) is 25.3. The standard InChI is InChI=1S/C41H69NO14.C40H67NO14.C2H6/c1-15-16-29-41(11)35(55-38(46)56-41)24(5)31(44)21(2)18-40(10,47)34(54-37-33(51-27(8)43)28(42(12)13)17-22(3)50-37)25(6)32(26(7)36(45)52-29)53-30-20-39(9,48-14)19-23(4)49-30;1-14-15-28-33-31(52-37(44)53-33)25(7)40(45)20(2)17-39(10,55-40)34(54-36-32(49-26(8)42)27(41(11)12)16-21(3)48-36)23(5)30(24(6)35(43)50-28)51-29-19-38(9,46-13)18-22(4)47-29;1-2/h21-26,28-30,32-35,37,47H,15-20H2,1-14H3;20-25,27-34,36,45H,14-19H2,1-13H3;1-2H3/t21-,22?,23?,24+,25+,26-,28?,29-,30?,32+,33?,34-,35-,37?,39?,40-,41-;20-,21?,22?,23+,24-,25-,27?,28-,29?,30+,31-,32?,33-,34-,36?,38?,39+,40?;/m11./s1. The zero-order valence-electron chi connectivity index (χ0n) is 73.1. The fourth-order valence-corrected chi connectivity index (χ4v) is 19.4. The van der Waals surface area contributed by atoms with Crippen molar-refractivity contribution < 1.29 is 134 Å². The van der Waals surface area contributed by atoms with Crippen LogP contribution in [0.5, 0.6) is 0 Å².